The van der Waals surface area contributed by atoms with Gasteiger partial charge >= 0.3 is 0 Å². The Kier molecular flexibility index (Phi) is 4.04. The third kappa shape index (κ3) is 3.13. The number of hydrogen-bond donors (Lipinski definition) is 0. The van der Waals surface area contributed by atoms with Crippen molar-refractivity contribution < 1.29 is 4.79 Å². The molecule has 5 heteroatoms. The summed E-state index contributed by atoms with van der Waals surface area (Å²) in [5, 5.41) is 2.03. The van der Waals surface area contributed by atoms with Gasteiger partial charge < -0.3 is 4.90 Å². The second-order valence-electron chi connectivity index (χ2n) is 4.12. The Bertz CT molecular complexity index is 508. The Morgan fingerprint density at radius 1 is 1.39 bits per heavy atom. The summed E-state index contributed by atoms with van der Waals surface area (Å²) in [7, 11) is 1.89. The second-order valence-corrected chi connectivity index (χ2v) is 5.07. The summed E-state index contributed by atoms with van der Waals surface area (Å²) < 4.78 is 0. The van der Waals surface area contributed by atoms with Crippen molar-refractivity contribution in [2.45, 2.75) is 13.3 Å². The van der Waals surface area contributed by atoms with Crippen LogP contribution < -0.4 is 4.90 Å². The van der Waals surface area contributed by atoms with Crippen molar-refractivity contribution in [2.75, 3.05) is 18.5 Å². The Hall–Kier alpha value is -1.75. The van der Waals surface area contributed by atoms with E-state index in [1.165, 1.54) is 0 Å². The number of hydrogen-bond acceptors (Lipinski definition) is 5. The summed E-state index contributed by atoms with van der Waals surface area (Å²) in [6.07, 6.45) is 4.16. The average Bonchev–Trinajstić information content (AvgIpc) is 2.90. The van der Waals surface area contributed by atoms with Crippen LogP contribution in [0.2, 0.25) is 0 Å². The summed E-state index contributed by atoms with van der Waals surface area (Å²) >= 11 is 1.67. The first-order valence-electron chi connectivity index (χ1n) is 5.73. The van der Waals surface area contributed by atoms with Gasteiger partial charge in [0.15, 0.2) is 0 Å². The van der Waals surface area contributed by atoms with Crippen LogP contribution >= 0.6 is 11.3 Å². The van der Waals surface area contributed by atoms with E-state index in [4.69, 9.17) is 0 Å². The maximum Gasteiger partial charge on any atom is 0.225 e. The van der Waals surface area contributed by atoms with Crippen molar-refractivity contribution in [2.24, 2.45) is 0 Å². The zero-order valence-corrected chi connectivity index (χ0v) is 11.3. The van der Waals surface area contributed by atoms with Crippen molar-refractivity contribution >= 4 is 23.1 Å². The van der Waals surface area contributed by atoms with E-state index in [0.717, 1.165) is 10.4 Å². The van der Waals surface area contributed by atoms with E-state index in [-0.39, 0.29) is 5.78 Å². The van der Waals surface area contributed by atoms with Gasteiger partial charge in [-0.2, -0.15) is 0 Å². The smallest absolute Gasteiger partial charge is 0.225 e. The van der Waals surface area contributed by atoms with E-state index < -0.39 is 0 Å². The molecule has 0 saturated carbocycles. The molecule has 18 heavy (non-hydrogen) atoms. The van der Waals surface area contributed by atoms with Crippen LogP contribution in [0.25, 0.3) is 10.4 Å². The molecule has 2 aromatic heterocycles. The number of anilines is 1. The summed E-state index contributed by atoms with van der Waals surface area (Å²) in [5.41, 5.74) is 1.02. The largest absolute Gasteiger partial charge is 0.343 e. The fourth-order valence-electron chi connectivity index (χ4n) is 1.51. The van der Waals surface area contributed by atoms with Gasteiger partial charge in [-0.1, -0.05) is 6.07 Å². The molecule has 0 radical (unpaired) electrons. The second kappa shape index (κ2) is 5.73. The molecule has 2 rings (SSSR count). The van der Waals surface area contributed by atoms with Gasteiger partial charge in [0.1, 0.15) is 5.78 Å². The molecular formula is C13H15N3OS. The minimum Gasteiger partial charge on any atom is -0.343 e. The van der Waals surface area contributed by atoms with Crippen LogP contribution in [0.3, 0.4) is 0 Å². The predicted octanol–water partition coefficient (Wildman–Crippen LogP) is 2.62. The minimum atomic E-state index is 0.178. The van der Waals surface area contributed by atoms with Crippen molar-refractivity contribution in [1.29, 1.82) is 0 Å². The third-order valence-corrected chi connectivity index (χ3v) is 3.50. The highest BCUT2D eigenvalue weighted by molar-refractivity contribution is 7.13. The van der Waals surface area contributed by atoms with Crippen LogP contribution in [0.5, 0.6) is 0 Å². The Morgan fingerprint density at radius 2 is 2.11 bits per heavy atom. The highest BCUT2D eigenvalue weighted by Gasteiger charge is 2.06. The first-order valence-corrected chi connectivity index (χ1v) is 6.61. The van der Waals surface area contributed by atoms with Crippen molar-refractivity contribution in [3.8, 4) is 10.4 Å². The van der Waals surface area contributed by atoms with Gasteiger partial charge in [0, 0.05) is 42.8 Å². The lowest BCUT2D eigenvalue weighted by molar-refractivity contribution is -0.116. The standard InChI is InChI=1S/C13H15N3OS/c1-10(17)5-6-16(2)13-14-8-11(9-15-13)12-4-3-7-18-12/h3-4,7-9H,5-6H2,1-2H3. The first kappa shape index (κ1) is 12.7. The lowest BCUT2D eigenvalue weighted by Crippen LogP contribution is -2.22. The fourth-order valence-corrected chi connectivity index (χ4v) is 2.22. The lowest BCUT2D eigenvalue weighted by Gasteiger charge is -2.15. The molecule has 0 saturated heterocycles. The number of nitrogens with zero attached hydrogens (tertiary/aromatic N) is 3. The molecule has 4 nitrogen and oxygen atoms in total. The number of Topliss-reactive ketones (excluding diaryl/α,β-unsaturated/α-hetero) is 1. The highest BCUT2D eigenvalue weighted by Crippen LogP contribution is 2.23. The Balaban J connectivity index is 2.05. The molecule has 94 valence electrons. The zero-order chi connectivity index (χ0) is 13.0. The topological polar surface area (TPSA) is 46.1 Å². The summed E-state index contributed by atoms with van der Waals surface area (Å²) in [4.78, 5) is 22.6. The minimum absolute atomic E-state index is 0.178. The van der Waals surface area contributed by atoms with Crippen molar-refractivity contribution in [3.05, 3.63) is 29.9 Å². The molecule has 0 fully saturated rings. The van der Waals surface area contributed by atoms with E-state index in [2.05, 4.69) is 9.97 Å². The maximum absolute atomic E-state index is 10.9. The number of carbonyl (C=O) groups is 1. The quantitative estimate of drug-likeness (QED) is 0.830. The molecule has 0 unspecified atom stereocenters. The SMILES string of the molecule is CC(=O)CCN(C)c1ncc(-c2cccs2)cn1. The number of thiophene rings is 1. The monoisotopic (exact) mass is 261 g/mol. The normalized spacial score (nSPS) is 10.3. The van der Waals surface area contributed by atoms with Crippen LogP contribution in [0.1, 0.15) is 13.3 Å². The molecule has 0 N–H and O–H groups in total. The van der Waals surface area contributed by atoms with Gasteiger partial charge in [-0.05, 0) is 18.4 Å². The van der Waals surface area contributed by atoms with Crippen LogP contribution in [0.15, 0.2) is 29.9 Å². The van der Waals surface area contributed by atoms with Crippen LogP contribution in [-0.4, -0.2) is 29.3 Å². The molecule has 0 aromatic carbocycles. The Labute approximate surface area is 110 Å². The van der Waals surface area contributed by atoms with Gasteiger partial charge in [0.2, 0.25) is 5.95 Å². The van der Waals surface area contributed by atoms with E-state index >= 15 is 0 Å². The molecule has 2 aromatic rings. The van der Waals surface area contributed by atoms with E-state index in [9.17, 15) is 4.79 Å². The van der Waals surface area contributed by atoms with Gasteiger partial charge in [0.25, 0.3) is 0 Å². The van der Waals surface area contributed by atoms with Crippen molar-refractivity contribution in [1.82, 2.24) is 9.97 Å². The molecule has 0 aliphatic heterocycles. The van der Waals surface area contributed by atoms with Crippen LogP contribution in [-0.2, 0) is 4.79 Å². The molecule has 0 bridgehead atoms. The molecule has 0 spiro atoms. The van der Waals surface area contributed by atoms with Gasteiger partial charge in [-0.25, -0.2) is 9.97 Å². The Morgan fingerprint density at radius 3 is 2.67 bits per heavy atom. The highest BCUT2D eigenvalue weighted by atomic mass is 32.1. The predicted molar refractivity (Wildman–Crippen MR) is 73.9 cm³/mol. The van der Waals surface area contributed by atoms with Crippen molar-refractivity contribution in [3.63, 3.8) is 0 Å². The molecule has 0 atom stereocenters. The molecular weight excluding hydrogens is 246 g/mol. The average molecular weight is 261 g/mol. The molecule has 0 amide bonds. The van der Waals surface area contributed by atoms with E-state index in [0.29, 0.717) is 18.9 Å². The van der Waals surface area contributed by atoms with E-state index in [1.807, 2.05) is 41.9 Å². The number of aromatic nitrogens is 2. The third-order valence-electron chi connectivity index (χ3n) is 2.58. The van der Waals surface area contributed by atoms with Crippen LogP contribution in [0.4, 0.5) is 5.95 Å². The summed E-state index contributed by atoms with van der Waals surface area (Å²) in [6.45, 7) is 2.24. The summed E-state index contributed by atoms with van der Waals surface area (Å²) in [5.74, 6) is 0.827. The molecule has 0 aliphatic rings. The lowest BCUT2D eigenvalue weighted by atomic mass is 10.3. The number of ketones is 1. The molecule has 0 aliphatic carbocycles. The van der Waals surface area contributed by atoms with E-state index in [1.54, 1.807) is 18.3 Å². The van der Waals surface area contributed by atoms with Crippen LogP contribution in [0, 0.1) is 0 Å². The number of carbonyl (C=O) groups excluding carboxylic acids is 1. The zero-order valence-electron chi connectivity index (χ0n) is 10.5. The fraction of sp³-hybridized carbons (Fsp3) is 0.308. The van der Waals surface area contributed by atoms with Gasteiger partial charge in [-0.3, -0.25) is 4.79 Å². The summed E-state index contributed by atoms with van der Waals surface area (Å²) in [6, 6.07) is 4.05. The van der Waals surface area contributed by atoms with Gasteiger partial charge in [0.05, 0.1) is 0 Å². The maximum atomic E-state index is 10.9. The molecule has 2 heterocycles. The first-order chi connectivity index (χ1) is 8.66. The number of rotatable bonds is 5. The van der Waals surface area contributed by atoms with Gasteiger partial charge in [-0.15, -0.1) is 11.3 Å².